The zero-order chi connectivity index (χ0) is 21.1. The van der Waals surface area contributed by atoms with Crippen molar-refractivity contribution in [1.29, 1.82) is 0 Å². The third kappa shape index (κ3) is 4.53. The highest BCUT2D eigenvalue weighted by atomic mass is 32.1. The van der Waals surface area contributed by atoms with Crippen LogP contribution in [0.3, 0.4) is 0 Å². The minimum Gasteiger partial charge on any atom is -0.353 e. The van der Waals surface area contributed by atoms with Gasteiger partial charge in [0.1, 0.15) is 0 Å². The third-order valence-corrected chi connectivity index (χ3v) is 6.63. The molecule has 1 aliphatic heterocycles. The summed E-state index contributed by atoms with van der Waals surface area (Å²) in [4.78, 5) is 32.1. The fourth-order valence-corrected chi connectivity index (χ4v) is 4.89. The number of rotatable bonds is 6. The van der Waals surface area contributed by atoms with Gasteiger partial charge in [-0.15, -0.1) is 5.10 Å². The standard InChI is InChI=1S/C22H27N5O2S/c1-3-18(14-16-7-5-4-6-8-16)24-20(29)17-9-11-26(12-10-17)22-25-27-19(28)13-15(2)23-21(27)30-22/h4-8,13,17-18H,3,9-12,14H2,1-2H3,(H,24,29)/t18-/m0/s1. The molecule has 7 nitrogen and oxygen atoms in total. The van der Waals surface area contributed by atoms with Crippen LogP contribution in [0.4, 0.5) is 5.13 Å². The van der Waals surface area contributed by atoms with Crippen LogP contribution < -0.4 is 15.8 Å². The van der Waals surface area contributed by atoms with Crippen LogP contribution in [-0.2, 0) is 11.2 Å². The molecule has 1 atom stereocenters. The van der Waals surface area contributed by atoms with Crippen LogP contribution >= 0.6 is 11.3 Å². The molecule has 1 amide bonds. The Balaban J connectivity index is 1.35. The van der Waals surface area contributed by atoms with E-state index in [9.17, 15) is 9.59 Å². The average Bonchev–Trinajstić information content (AvgIpc) is 3.18. The highest BCUT2D eigenvalue weighted by Gasteiger charge is 2.28. The predicted octanol–water partition coefficient (Wildman–Crippen LogP) is 2.81. The first-order valence-electron chi connectivity index (χ1n) is 10.5. The first-order valence-corrected chi connectivity index (χ1v) is 11.3. The van der Waals surface area contributed by atoms with Crippen LogP contribution in [0.2, 0.25) is 0 Å². The van der Waals surface area contributed by atoms with Gasteiger partial charge in [-0.25, -0.2) is 4.98 Å². The number of nitrogens with one attached hydrogen (secondary N) is 1. The summed E-state index contributed by atoms with van der Waals surface area (Å²) < 4.78 is 1.36. The van der Waals surface area contributed by atoms with E-state index in [0.717, 1.165) is 43.9 Å². The first-order chi connectivity index (χ1) is 14.5. The number of anilines is 1. The van der Waals surface area contributed by atoms with Crippen LogP contribution in [0.25, 0.3) is 4.96 Å². The van der Waals surface area contributed by atoms with Crippen LogP contribution in [0.5, 0.6) is 0 Å². The van der Waals surface area contributed by atoms with Crippen molar-refractivity contribution in [1.82, 2.24) is 19.9 Å². The molecule has 1 N–H and O–H groups in total. The van der Waals surface area contributed by atoms with Crippen LogP contribution in [0.1, 0.15) is 37.4 Å². The van der Waals surface area contributed by atoms with Crippen molar-refractivity contribution >= 4 is 27.3 Å². The lowest BCUT2D eigenvalue weighted by Gasteiger charge is -2.31. The zero-order valence-electron chi connectivity index (χ0n) is 17.4. The van der Waals surface area contributed by atoms with E-state index in [-0.39, 0.29) is 23.4 Å². The average molecular weight is 426 g/mol. The van der Waals surface area contributed by atoms with Crippen molar-refractivity contribution in [3.05, 3.63) is 58.0 Å². The second-order valence-corrected chi connectivity index (χ2v) is 8.81. The molecule has 0 radical (unpaired) electrons. The summed E-state index contributed by atoms with van der Waals surface area (Å²) in [7, 11) is 0. The molecule has 3 heterocycles. The molecule has 4 rings (SSSR count). The topological polar surface area (TPSA) is 79.6 Å². The Labute approximate surface area is 179 Å². The molecule has 0 spiro atoms. The highest BCUT2D eigenvalue weighted by Crippen LogP contribution is 2.27. The van der Waals surface area contributed by atoms with Crippen LogP contribution in [-0.4, -0.2) is 39.6 Å². The van der Waals surface area contributed by atoms with E-state index in [0.29, 0.717) is 10.7 Å². The first kappa shape index (κ1) is 20.5. The molecule has 0 saturated carbocycles. The normalized spacial score (nSPS) is 16.0. The third-order valence-electron chi connectivity index (χ3n) is 5.66. The molecule has 158 valence electrons. The summed E-state index contributed by atoms with van der Waals surface area (Å²) in [5.41, 5.74) is 1.79. The molecule has 1 aliphatic rings. The van der Waals surface area contributed by atoms with E-state index >= 15 is 0 Å². The number of hydrogen-bond acceptors (Lipinski definition) is 6. The van der Waals surface area contributed by atoms with Crippen molar-refractivity contribution < 1.29 is 4.79 Å². The van der Waals surface area contributed by atoms with E-state index in [1.807, 2.05) is 25.1 Å². The van der Waals surface area contributed by atoms with Gasteiger partial charge in [0.25, 0.3) is 5.56 Å². The monoisotopic (exact) mass is 425 g/mol. The summed E-state index contributed by atoms with van der Waals surface area (Å²) in [5, 5.41) is 8.48. The molecule has 1 saturated heterocycles. The van der Waals surface area contributed by atoms with Crippen molar-refractivity contribution in [3.63, 3.8) is 0 Å². The Bertz CT molecular complexity index is 1070. The van der Waals surface area contributed by atoms with E-state index in [1.165, 1.54) is 27.5 Å². The molecular weight excluding hydrogens is 398 g/mol. The van der Waals surface area contributed by atoms with Gasteiger partial charge in [-0.05, 0) is 38.2 Å². The fraction of sp³-hybridized carbons (Fsp3) is 0.455. The van der Waals surface area contributed by atoms with Gasteiger partial charge < -0.3 is 10.2 Å². The molecule has 8 heteroatoms. The second kappa shape index (κ2) is 8.95. The summed E-state index contributed by atoms with van der Waals surface area (Å²) in [5.74, 6) is 0.166. The van der Waals surface area contributed by atoms with Gasteiger partial charge >= 0.3 is 0 Å². The van der Waals surface area contributed by atoms with Gasteiger partial charge in [-0.1, -0.05) is 48.6 Å². The molecular formula is C22H27N5O2S. The number of nitrogens with zero attached hydrogens (tertiary/aromatic N) is 4. The number of carbonyl (C=O) groups is 1. The van der Waals surface area contributed by atoms with Gasteiger partial charge in [0, 0.05) is 36.8 Å². The minimum atomic E-state index is -0.154. The van der Waals surface area contributed by atoms with Crippen molar-refractivity contribution in [2.24, 2.45) is 5.92 Å². The number of benzene rings is 1. The summed E-state index contributed by atoms with van der Waals surface area (Å²) in [6.45, 7) is 5.43. The largest absolute Gasteiger partial charge is 0.353 e. The van der Waals surface area contributed by atoms with E-state index in [1.54, 1.807) is 0 Å². The van der Waals surface area contributed by atoms with Crippen molar-refractivity contribution in [3.8, 4) is 0 Å². The molecule has 3 aromatic rings. The number of amides is 1. The number of aryl methyl sites for hydroxylation is 1. The van der Waals surface area contributed by atoms with Crippen LogP contribution in [0.15, 0.2) is 41.2 Å². The number of fused-ring (bicyclic) bond motifs is 1. The lowest BCUT2D eigenvalue weighted by Crippen LogP contribution is -2.44. The summed E-state index contributed by atoms with van der Waals surface area (Å²) in [6.07, 6.45) is 3.33. The van der Waals surface area contributed by atoms with E-state index in [4.69, 9.17) is 0 Å². The SMILES string of the molecule is CC[C@@H](Cc1ccccc1)NC(=O)C1CCN(c2nn3c(=O)cc(C)nc3s2)CC1. The molecule has 30 heavy (non-hydrogen) atoms. The number of aromatic nitrogens is 3. The molecule has 1 aromatic carbocycles. The fourth-order valence-electron chi connectivity index (χ4n) is 3.89. The Morgan fingerprint density at radius 3 is 2.70 bits per heavy atom. The second-order valence-electron chi connectivity index (χ2n) is 7.88. The van der Waals surface area contributed by atoms with Crippen molar-refractivity contribution in [2.45, 2.75) is 45.6 Å². The molecule has 0 unspecified atom stereocenters. The van der Waals surface area contributed by atoms with Gasteiger partial charge in [0.2, 0.25) is 16.0 Å². The Morgan fingerprint density at radius 1 is 1.27 bits per heavy atom. The molecule has 1 fully saturated rings. The van der Waals surface area contributed by atoms with E-state index in [2.05, 4.69) is 39.4 Å². The lowest BCUT2D eigenvalue weighted by atomic mass is 9.95. The molecule has 2 aromatic heterocycles. The van der Waals surface area contributed by atoms with Gasteiger partial charge in [-0.3, -0.25) is 9.59 Å². The number of hydrogen-bond donors (Lipinski definition) is 1. The smallest absolute Gasteiger partial charge is 0.275 e. The summed E-state index contributed by atoms with van der Waals surface area (Å²) >= 11 is 1.42. The molecule has 0 aliphatic carbocycles. The maximum absolute atomic E-state index is 12.8. The highest BCUT2D eigenvalue weighted by molar-refractivity contribution is 7.20. The number of piperidine rings is 1. The lowest BCUT2D eigenvalue weighted by molar-refractivity contribution is -0.126. The van der Waals surface area contributed by atoms with Gasteiger partial charge in [0.15, 0.2) is 0 Å². The number of carbonyl (C=O) groups excluding carboxylic acids is 1. The van der Waals surface area contributed by atoms with Crippen molar-refractivity contribution in [2.75, 3.05) is 18.0 Å². The van der Waals surface area contributed by atoms with Crippen LogP contribution in [0, 0.1) is 12.8 Å². The van der Waals surface area contributed by atoms with Gasteiger partial charge in [-0.2, -0.15) is 4.52 Å². The Kier molecular flexibility index (Phi) is 6.13. The maximum Gasteiger partial charge on any atom is 0.275 e. The van der Waals surface area contributed by atoms with E-state index < -0.39 is 0 Å². The van der Waals surface area contributed by atoms with Gasteiger partial charge in [0.05, 0.1) is 0 Å². The minimum absolute atomic E-state index is 0.0172. The quantitative estimate of drug-likeness (QED) is 0.657. The maximum atomic E-state index is 12.8. The molecule has 0 bridgehead atoms. The summed E-state index contributed by atoms with van der Waals surface area (Å²) in [6, 6.07) is 11.9. The zero-order valence-corrected chi connectivity index (χ0v) is 18.2. The Morgan fingerprint density at radius 2 is 2.00 bits per heavy atom. The Hall–Kier alpha value is -2.74. The predicted molar refractivity (Wildman–Crippen MR) is 119 cm³/mol.